The van der Waals surface area contributed by atoms with E-state index in [2.05, 4.69) is 0 Å². The number of carboxylic acids is 2. The lowest BCUT2D eigenvalue weighted by atomic mass is 10.0. The molecule has 0 saturated carbocycles. The normalized spacial score (nSPS) is 12.4. The molecule has 0 radical (unpaired) electrons. The van der Waals surface area contributed by atoms with Crippen LogP contribution in [0.5, 0.6) is 0 Å². The third-order valence-electron chi connectivity index (χ3n) is 3.92. The SMILES string of the molecule is CC(c1cccc(Cl)c1)N(CS(C)(=O)=O)c1cc(C(=O)O)cc(C(=O)O)c1. The summed E-state index contributed by atoms with van der Waals surface area (Å²) in [4.78, 5) is 24.2. The zero-order valence-electron chi connectivity index (χ0n) is 14.6. The first-order valence-corrected chi connectivity index (χ1v) is 10.2. The Balaban J connectivity index is 2.63. The standard InChI is InChI=1S/C18H18ClNO6S/c1-11(12-4-3-5-15(19)7-12)20(10-27(2,25)26)16-8-13(17(21)22)6-14(9-16)18(23)24/h3-9,11H,10H2,1-2H3,(H,21,22)(H,23,24). The quantitative estimate of drug-likeness (QED) is 0.718. The van der Waals surface area contributed by atoms with Gasteiger partial charge in [-0.25, -0.2) is 18.0 Å². The summed E-state index contributed by atoms with van der Waals surface area (Å²) in [7, 11) is -3.50. The Morgan fingerprint density at radius 1 is 1.07 bits per heavy atom. The maximum atomic E-state index is 12.0. The Hall–Kier alpha value is -2.58. The molecule has 1 atom stereocenters. The Kier molecular flexibility index (Phi) is 6.12. The first kappa shape index (κ1) is 20.7. The van der Waals surface area contributed by atoms with E-state index in [0.717, 1.165) is 12.3 Å². The smallest absolute Gasteiger partial charge is 0.335 e. The van der Waals surface area contributed by atoms with Crippen LogP contribution in [-0.2, 0) is 9.84 Å². The Bertz CT molecular complexity index is 957. The third-order valence-corrected chi connectivity index (χ3v) is 4.90. The van der Waals surface area contributed by atoms with Gasteiger partial charge in [0, 0.05) is 17.0 Å². The summed E-state index contributed by atoms with van der Waals surface area (Å²) < 4.78 is 23.9. The molecule has 2 aromatic carbocycles. The number of hydrogen-bond acceptors (Lipinski definition) is 5. The zero-order chi connectivity index (χ0) is 20.4. The minimum Gasteiger partial charge on any atom is -0.478 e. The molecule has 2 aromatic rings. The number of carbonyl (C=O) groups is 2. The molecule has 0 aliphatic heterocycles. The van der Waals surface area contributed by atoms with Crippen LogP contribution in [-0.4, -0.2) is 42.7 Å². The summed E-state index contributed by atoms with van der Waals surface area (Å²) in [6.07, 6.45) is 1.05. The molecule has 1 unspecified atom stereocenters. The fraction of sp³-hybridized carbons (Fsp3) is 0.222. The molecule has 0 heterocycles. The first-order chi connectivity index (χ1) is 12.5. The molecule has 0 bridgehead atoms. The Labute approximate surface area is 161 Å². The van der Waals surface area contributed by atoms with Gasteiger partial charge < -0.3 is 15.1 Å². The molecule has 2 N–H and O–H groups in total. The van der Waals surface area contributed by atoms with Gasteiger partial charge in [0.15, 0.2) is 9.84 Å². The van der Waals surface area contributed by atoms with Crippen LogP contribution in [0, 0.1) is 0 Å². The largest absolute Gasteiger partial charge is 0.478 e. The van der Waals surface area contributed by atoms with Crippen molar-refractivity contribution in [3.63, 3.8) is 0 Å². The van der Waals surface area contributed by atoms with Crippen LogP contribution >= 0.6 is 11.6 Å². The van der Waals surface area contributed by atoms with Gasteiger partial charge >= 0.3 is 11.9 Å². The molecule has 7 nitrogen and oxygen atoms in total. The van der Waals surface area contributed by atoms with E-state index in [1.54, 1.807) is 31.2 Å². The van der Waals surface area contributed by atoms with Gasteiger partial charge in [-0.2, -0.15) is 0 Å². The van der Waals surface area contributed by atoms with Gasteiger partial charge in [-0.3, -0.25) is 0 Å². The number of carboxylic acid groups (broad SMARTS) is 2. The highest BCUT2D eigenvalue weighted by Gasteiger charge is 2.23. The molecule has 27 heavy (non-hydrogen) atoms. The van der Waals surface area contributed by atoms with Crippen LogP contribution in [0.3, 0.4) is 0 Å². The number of sulfone groups is 1. The summed E-state index contributed by atoms with van der Waals surface area (Å²) in [6, 6.07) is 9.82. The van der Waals surface area contributed by atoms with Gasteiger partial charge in [0.2, 0.25) is 0 Å². The van der Waals surface area contributed by atoms with Gasteiger partial charge in [-0.05, 0) is 42.8 Å². The second-order valence-corrected chi connectivity index (χ2v) is 8.68. The van der Waals surface area contributed by atoms with Gasteiger partial charge in [0.1, 0.15) is 5.88 Å². The van der Waals surface area contributed by atoms with Crippen LogP contribution in [0.2, 0.25) is 5.02 Å². The predicted octanol–water partition coefficient (Wildman–Crippen LogP) is 3.31. The first-order valence-electron chi connectivity index (χ1n) is 7.79. The van der Waals surface area contributed by atoms with Crippen molar-refractivity contribution in [1.29, 1.82) is 0 Å². The van der Waals surface area contributed by atoms with E-state index in [4.69, 9.17) is 11.6 Å². The van der Waals surface area contributed by atoms with Crippen molar-refractivity contribution in [3.05, 3.63) is 64.2 Å². The lowest BCUT2D eigenvalue weighted by Gasteiger charge is -2.31. The average molecular weight is 412 g/mol. The minimum atomic E-state index is -3.50. The van der Waals surface area contributed by atoms with Gasteiger partial charge in [-0.1, -0.05) is 23.7 Å². The number of halogens is 1. The summed E-state index contributed by atoms with van der Waals surface area (Å²) >= 11 is 6.01. The molecule has 0 aromatic heterocycles. The highest BCUT2D eigenvalue weighted by molar-refractivity contribution is 7.90. The minimum absolute atomic E-state index is 0.171. The molecule has 144 valence electrons. The van der Waals surface area contributed by atoms with Crippen molar-refractivity contribution in [2.45, 2.75) is 13.0 Å². The van der Waals surface area contributed by atoms with E-state index in [-0.39, 0.29) is 16.8 Å². The van der Waals surface area contributed by atoms with E-state index >= 15 is 0 Å². The number of hydrogen-bond donors (Lipinski definition) is 2. The average Bonchev–Trinajstić information content (AvgIpc) is 2.57. The van der Waals surface area contributed by atoms with Crippen molar-refractivity contribution in [1.82, 2.24) is 0 Å². The maximum Gasteiger partial charge on any atom is 0.335 e. The van der Waals surface area contributed by atoms with E-state index in [1.807, 2.05) is 0 Å². The third kappa shape index (κ3) is 5.45. The number of aromatic carboxylic acids is 2. The molecule has 0 saturated heterocycles. The fourth-order valence-corrected chi connectivity index (χ4v) is 3.71. The molecule has 0 fully saturated rings. The van der Waals surface area contributed by atoms with E-state index < -0.39 is 33.7 Å². The molecule has 0 aliphatic carbocycles. The molecule has 9 heteroatoms. The number of anilines is 1. The van der Waals surface area contributed by atoms with Crippen LogP contribution in [0.15, 0.2) is 42.5 Å². The molecule has 0 amide bonds. The van der Waals surface area contributed by atoms with E-state index in [9.17, 15) is 28.2 Å². The van der Waals surface area contributed by atoms with Gasteiger partial charge in [-0.15, -0.1) is 0 Å². The molecular formula is C18H18ClNO6S. The molecule has 0 spiro atoms. The van der Waals surface area contributed by atoms with Crippen molar-refractivity contribution < 1.29 is 28.2 Å². The van der Waals surface area contributed by atoms with Crippen LogP contribution in [0.4, 0.5) is 5.69 Å². The van der Waals surface area contributed by atoms with Crippen LogP contribution < -0.4 is 4.90 Å². The second-order valence-electron chi connectivity index (χ2n) is 6.13. The highest BCUT2D eigenvalue weighted by atomic mass is 35.5. The highest BCUT2D eigenvalue weighted by Crippen LogP contribution is 2.30. The van der Waals surface area contributed by atoms with Crippen molar-refractivity contribution >= 4 is 39.1 Å². The van der Waals surface area contributed by atoms with Gasteiger partial charge in [0.05, 0.1) is 17.2 Å². The van der Waals surface area contributed by atoms with E-state index in [0.29, 0.717) is 10.6 Å². The molecule has 0 aliphatic rings. The molecular weight excluding hydrogens is 394 g/mol. The molecule has 2 rings (SSSR count). The van der Waals surface area contributed by atoms with Crippen LogP contribution in [0.25, 0.3) is 0 Å². The lowest BCUT2D eigenvalue weighted by Crippen LogP contribution is -2.32. The number of rotatable bonds is 7. The zero-order valence-corrected chi connectivity index (χ0v) is 16.2. The van der Waals surface area contributed by atoms with Gasteiger partial charge in [0.25, 0.3) is 0 Å². The fourth-order valence-electron chi connectivity index (χ4n) is 2.63. The summed E-state index contributed by atoms with van der Waals surface area (Å²) in [5.74, 6) is -3.05. The van der Waals surface area contributed by atoms with Crippen LogP contribution in [0.1, 0.15) is 39.2 Å². The Morgan fingerprint density at radius 2 is 1.63 bits per heavy atom. The second kappa shape index (κ2) is 7.98. The van der Waals surface area contributed by atoms with Crippen molar-refractivity contribution in [2.24, 2.45) is 0 Å². The van der Waals surface area contributed by atoms with Crippen molar-refractivity contribution in [2.75, 3.05) is 17.0 Å². The summed E-state index contributed by atoms with van der Waals surface area (Å²) in [5, 5.41) is 19.0. The maximum absolute atomic E-state index is 12.0. The number of benzene rings is 2. The van der Waals surface area contributed by atoms with Crippen molar-refractivity contribution in [3.8, 4) is 0 Å². The monoisotopic (exact) mass is 411 g/mol. The number of nitrogens with zero attached hydrogens (tertiary/aromatic N) is 1. The summed E-state index contributed by atoms with van der Waals surface area (Å²) in [6.45, 7) is 1.73. The van der Waals surface area contributed by atoms with E-state index in [1.165, 1.54) is 17.0 Å². The summed E-state index contributed by atoms with van der Waals surface area (Å²) in [5.41, 5.74) is 0.373. The lowest BCUT2D eigenvalue weighted by molar-refractivity contribution is 0.0696. The Morgan fingerprint density at radius 3 is 2.07 bits per heavy atom. The predicted molar refractivity (Wildman–Crippen MR) is 102 cm³/mol. The topological polar surface area (TPSA) is 112 Å².